The van der Waals surface area contributed by atoms with Crippen LogP contribution in [0.25, 0.3) is 0 Å². The van der Waals surface area contributed by atoms with Crippen molar-refractivity contribution in [1.29, 1.82) is 0 Å². The third-order valence-electron chi connectivity index (χ3n) is 3.27. The normalized spacial score (nSPS) is 19.1. The molecule has 2 amide bonds. The molecule has 0 aliphatic carbocycles. The number of rotatable bonds is 2. The van der Waals surface area contributed by atoms with Gasteiger partial charge in [0.1, 0.15) is 11.7 Å². The quantitative estimate of drug-likeness (QED) is 0.757. The molecule has 0 aromatic carbocycles. The molecule has 0 spiro atoms. The van der Waals surface area contributed by atoms with Gasteiger partial charge in [-0.05, 0) is 18.6 Å². The fourth-order valence-corrected chi connectivity index (χ4v) is 2.19. The van der Waals surface area contributed by atoms with Crippen LogP contribution >= 0.6 is 0 Å². The topological polar surface area (TPSA) is 74.3 Å². The smallest absolute Gasteiger partial charge is 0.273 e. The summed E-state index contributed by atoms with van der Waals surface area (Å²) in [4.78, 5) is 30.1. The molecule has 2 heterocycles. The summed E-state index contributed by atoms with van der Waals surface area (Å²) in [5.74, 6) is -0.345. The van der Waals surface area contributed by atoms with E-state index >= 15 is 0 Å². The number of pyridine rings is 1. The molecule has 1 atom stereocenters. The Labute approximate surface area is 112 Å². The molecule has 2 N–H and O–H groups in total. The van der Waals surface area contributed by atoms with Crippen LogP contribution in [0.4, 0.5) is 0 Å². The van der Waals surface area contributed by atoms with Crippen LogP contribution in [0.3, 0.4) is 0 Å². The zero-order valence-electron chi connectivity index (χ0n) is 11.1. The van der Waals surface area contributed by atoms with Gasteiger partial charge in [0.25, 0.3) is 5.91 Å². The number of carbonyl (C=O) groups excluding carboxylic acids is 2. The molecule has 102 valence electrons. The number of hydrogen-bond acceptors (Lipinski definition) is 4. The van der Waals surface area contributed by atoms with E-state index in [0.717, 1.165) is 5.56 Å². The molecule has 0 saturated carbocycles. The van der Waals surface area contributed by atoms with Crippen LogP contribution in [0.1, 0.15) is 16.1 Å². The molecule has 6 heteroatoms. The van der Waals surface area contributed by atoms with E-state index < -0.39 is 6.04 Å². The highest BCUT2D eigenvalue weighted by molar-refractivity contribution is 5.97. The maximum Gasteiger partial charge on any atom is 0.273 e. The number of carbonyl (C=O) groups is 2. The fraction of sp³-hybridized carbons (Fsp3) is 0.462. The SMILES string of the molecule is CNC(=O)C1CNCCN1C(=O)c1ncccc1C. The maximum absolute atomic E-state index is 12.5. The number of hydrogen-bond donors (Lipinski definition) is 2. The molecule has 1 saturated heterocycles. The highest BCUT2D eigenvalue weighted by Crippen LogP contribution is 2.12. The third-order valence-corrected chi connectivity index (χ3v) is 3.27. The van der Waals surface area contributed by atoms with Gasteiger partial charge in [0.15, 0.2) is 0 Å². The molecular weight excluding hydrogens is 244 g/mol. The highest BCUT2D eigenvalue weighted by atomic mass is 16.2. The second-order valence-electron chi connectivity index (χ2n) is 4.50. The summed E-state index contributed by atoms with van der Waals surface area (Å²) in [7, 11) is 1.58. The number of amides is 2. The fourth-order valence-electron chi connectivity index (χ4n) is 2.19. The maximum atomic E-state index is 12.5. The largest absolute Gasteiger partial charge is 0.357 e. The Morgan fingerprint density at radius 1 is 1.53 bits per heavy atom. The van der Waals surface area contributed by atoms with Crippen LogP contribution in [-0.4, -0.2) is 54.4 Å². The van der Waals surface area contributed by atoms with E-state index in [1.54, 1.807) is 24.2 Å². The van der Waals surface area contributed by atoms with Crippen molar-refractivity contribution in [3.63, 3.8) is 0 Å². The van der Waals surface area contributed by atoms with E-state index in [0.29, 0.717) is 25.3 Å². The van der Waals surface area contributed by atoms with Crippen molar-refractivity contribution in [2.75, 3.05) is 26.7 Å². The summed E-state index contributed by atoms with van der Waals surface area (Å²) in [6.07, 6.45) is 1.59. The van der Waals surface area contributed by atoms with Gasteiger partial charge >= 0.3 is 0 Å². The lowest BCUT2D eigenvalue weighted by Gasteiger charge is -2.34. The van der Waals surface area contributed by atoms with Crippen molar-refractivity contribution in [2.45, 2.75) is 13.0 Å². The number of nitrogens with zero attached hydrogens (tertiary/aromatic N) is 2. The molecule has 6 nitrogen and oxygen atoms in total. The van der Waals surface area contributed by atoms with Crippen molar-refractivity contribution in [1.82, 2.24) is 20.5 Å². The lowest BCUT2D eigenvalue weighted by Crippen LogP contribution is -2.59. The number of aryl methyl sites for hydroxylation is 1. The molecule has 19 heavy (non-hydrogen) atoms. The minimum Gasteiger partial charge on any atom is -0.357 e. The predicted octanol–water partition coefficient (Wildman–Crippen LogP) is -0.450. The minimum absolute atomic E-state index is 0.158. The second kappa shape index (κ2) is 5.79. The molecule has 0 radical (unpaired) electrons. The average molecular weight is 262 g/mol. The van der Waals surface area contributed by atoms with Gasteiger partial charge in [-0.15, -0.1) is 0 Å². The van der Waals surface area contributed by atoms with Gasteiger partial charge in [-0.3, -0.25) is 14.6 Å². The van der Waals surface area contributed by atoms with Crippen LogP contribution in [0, 0.1) is 6.92 Å². The van der Waals surface area contributed by atoms with Gasteiger partial charge in [0, 0.05) is 32.9 Å². The van der Waals surface area contributed by atoms with Crippen LogP contribution < -0.4 is 10.6 Å². The summed E-state index contributed by atoms with van der Waals surface area (Å²) in [6, 6.07) is 3.16. The van der Waals surface area contributed by atoms with E-state index in [2.05, 4.69) is 15.6 Å². The standard InChI is InChI=1S/C13H18N4O2/c1-9-4-3-5-16-11(9)13(19)17-7-6-15-8-10(17)12(18)14-2/h3-5,10,15H,6-8H2,1-2H3,(H,14,18). The first-order valence-electron chi connectivity index (χ1n) is 6.30. The summed E-state index contributed by atoms with van der Waals surface area (Å²) in [5, 5.41) is 5.72. The van der Waals surface area contributed by atoms with Gasteiger partial charge in [0.2, 0.25) is 5.91 Å². The Balaban J connectivity index is 2.25. The Morgan fingerprint density at radius 3 is 3.00 bits per heavy atom. The van der Waals surface area contributed by atoms with Gasteiger partial charge < -0.3 is 15.5 Å². The minimum atomic E-state index is -0.479. The predicted molar refractivity (Wildman–Crippen MR) is 70.7 cm³/mol. The van der Waals surface area contributed by atoms with Gasteiger partial charge in [-0.2, -0.15) is 0 Å². The summed E-state index contributed by atoms with van der Waals surface area (Å²) >= 11 is 0. The zero-order chi connectivity index (χ0) is 13.8. The molecule has 2 rings (SSSR count). The Kier molecular flexibility index (Phi) is 4.11. The molecule has 1 aliphatic heterocycles. The lowest BCUT2D eigenvalue weighted by molar-refractivity contribution is -0.125. The van der Waals surface area contributed by atoms with E-state index in [1.807, 2.05) is 13.0 Å². The van der Waals surface area contributed by atoms with E-state index in [4.69, 9.17) is 0 Å². The Morgan fingerprint density at radius 2 is 2.32 bits per heavy atom. The van der Waals surface area contributed by atoms with Gasteiger partial charge in [-0.25, -0.2) is 0 Å². The number of nitrogens with one attached hydrogen (secondary N) is 2. The second-order valence-corrected chi connectivity index (χ2v) is 4.50. The molecule has 1 aromatic heterocycles. The van der Waals surface area contributed by atoms with E-state index in [9.17, 15) is 9.59 Å². The first-order chi connectivity index (χ1) is 9.15. The molecule has 1 unspecified atom stereocenters. The van der Waals surface area contributed by atoms with Crippen LogP contribution in [0.15, 0.2) is 18.3 Å². The Hall–Kier alpha value is -1.95. The molecular formula is C13H18N4O2. The average Bonchev–Trinajstić information content (AvgIpc) is 2.46. The summed E-state index contributed by atoms with van der Waals surface area (Å²) < 4.78 is 0. The molecule has 1 aromatic rings. The zero-order valence-corrected chi connectivity index (χ0v) is 11.1. The Bertz CT molecular complexity index is 489. The van der Waals surface area contributed by atoms with E-state index in [-0.39, 0.29) is 11.8 Å². The first kappa shape index (κ1) is 13.5. The van der Waals surface area contributed by atoms with Crippen LogP contribution in [0.2, 0.25) is 0 Å². The number of likely N-dealkylation sites (N-methyl/N-ethyl adjacent to an activating group) is 1. The number of aromatic nitrogens is 1. The van der Waals surface area contributed by atoms with Crippen molar-refractivity contribution in [2.24, 2.45) is 0 Å². The summed E-state index contributed by atoms with van der Waals surface area (Å²) in [5.41, 5.74) is 1.24. The lowest BCUT2D eigenvalue weighted by atomic mass is 10.1. The van der Waals surface area contributed by atoms with Gasteiger partial charge in [0.05, 0.1) is 0 Å². The molecule has 1 fully saturated rings. The van der Waals surface area contributed by atoms with Crippen LogP contribution in [-0.2, 0) is 4.79 Å². The van der Waals surface area contributed by atoms with E-state index in [1.165, 1.54) is 0 Å². The first-order valence-corrected chi connectivity index (χ1v) is 6.30. The molecule has 0 bridgehead atoms. The monoisotopic (exact) mass is 262 g/mol. The van der Waals surface area contributed by atoms with Gasteiger partial charge in [-0.1, -0.05) is 6.07 Å². The van der Waals surface area contributed by atoms with Crippen LogP contribution in [0.5, 0.6) is 0 Å². The van der Waals surface area contributed by atoms with Crippen molar-refractivity contribution in [3.05, 3.63) is 29.6 Å². The molecule has 1 aliphatic rings. The third kappa shape index (κ3) is 2.73. The van der Waals surface area contributed by atoms with Crippen molar-refractivity contribution in [3.8, 4) is 0 Å². The van der Waals surface area contributed by atoms with Crippen molar-refractivity contribution >= 4 is 11.8 Å². The highest BCUT2D eigenvalue weighted by Gasteiger charge is 2.32. The summed E-state index contributed by atoms with van der Waals surface area (Å²) in [6.45, 7) is 3.51. The van der Waals surface area contributed by atoms with Crippen molar-refractivity contribution < 1.29 is 9.59 Å². The number of piperazine rings is 1.